The van der Waals surface area contributed by atoms with Crippen molar-refractivity contribution in [3.8, 4) is 28.7 Å². The van der Waals surface area contributed by atoms with E-state index in [4.69, 9.17) is 23.7 Å². The molecule has 1 heterocycles. The Bertz CT molecular complexity index is 1260. The quantitative estimate of drug-likeness (QED) is 0.224. The smallest absolute Gasteiger partial charge is 0.203 e. The van der Waals surface area contributed by atoms with Crippen molar-refractivity contribution in [1.29, 1.82) is 0 Å². The van der Waals surface area contributed by atoms with Crippen LogP contribution in [0.3, 0.4) is 0 Å². The van der Waals surface area contributed by atoms with Gasteiger partial charge in [0.2, 0.25) is 5.75 Å². The van der Waals surface area contributed by atoms with Crippen molar-refractivity contribution in [3.05, 3.63) is 83.7 Å². The molecule has 4 aromatic rings. The molecule has 0 radical (unpaired) electrons. The fraction of sp³-hybridized carbons (Fsp3) is 0.300. The van der Waals surface area contributed by atoms with Gasteiger partial charge in [-0.15, -0.1) is 0 Å². The number of nitrogens with zero attached hydrogens (tertiary/aromatic N) is 1. The molecular weight excluding hydrogens is 454 g/mol. The highest BCUT2D eigenvalue weighted by molar-refractivity contribution is 5.92. The molecule has 36 heavy (non-hydrogen) atoms. The van der Waals surface area contributed by atoms with Crippen LogP contribution in [0, 0.1) is 0 Å². The number of hydrogen-bond donors (Lipinski definition) is 0. The Morgan fingerprint density at radius 2 is 1.44 bits per heavy atom. The Balaban J connectivity index is 1.71. The fourth-order valence-corrected chi connectivity index (χ4v) is 4.15. The summed E-state index contributed by atoms with van der Waals surface area (Å²) >= 11 is 0. The van der Waals surface area contributed by atoms with E-state index in [0.29, 0.717) is 55.0 Å². The first-order valence-corrected chi connectivity index (χ1v) is 12.2. The van der Waals surface area contributed by atoms with Crippen molar-refractivity contribution in [2.45, 2.75) is 33.3 Å². The van der Waals surface area contributed by atoms with Crippen molar-refractivity contribution >= 4 is 10.8 Å². The second-order valence-electron chi connectivity index (χ2n) is 8.35. The molecule has 0 atom stereocenters. The maximum atomic E-state index is 6.30. The predicted octanol–water partition coefficient (Wildman–Crippen LogP) is 6.61. The largest absolute Gasteiger partial charge is 0.493 e. The van der Waals surface area contributed by atoms with Crippen LogP contribution in [0.5, 0.6) is 28.7 Å². The van der Waals surface area contributed by atoms with E-state index in [1.807, 2.05) is 67.8 Å². The summed E-state index contributed by atoms with van der Waals surface area (Å²) in [6, 6.07) is 18.1. The highest BCUT2D eigenvalue weighted by atomic mass is 16.5. The number of aromatic nitrogens is 1. The summed E-state index contributed by atoms with van der Waals surface area (Å²) in [5.74, 6) is 3.33. The normalized spacial score (nSPS) is 10.8. The molecule has 0 unspecified atom stereocenters. The van der Waals surface area contributed by atoms with E-state index in [0.717, 1.165) is 33.9 Å². The summed E-state index contributed by atoms with van der Waals surface area (Å²) in [6.45, 7) is 5.61. The Hall–Kier alpha value is -3.93. The summed E-state index contributed by atoms with van der Waals surface area (Å²) in [5.41, 5.74) is 3.18. The maximum Gasteiger partial charge on any atom is 0.203 e. The molecule has 0 aliphatic heterocycles. The highest BCUT2D eigenvalue weighted by Crippen LogP contribution is 2.41. The van der Waals surface area contributed by atoms with E-state index in [2.05, 4.69) is 18.0 Å². The first-order chi connectivity index (χ1) is 17.7. The highest BCUT2D eigenvalue weighted by Gasteiger charge is 2.17. The van der Waals surface area contributed by atoms with E-state index in [1.54, 1.807) is 14.2 Å². The lowest BCUT2D eigenvalue weighted by atomic mass is 9.99. The van der Waals surface area contributed by atoms with Crippen LogP contribution in [0.25, 0.3) is 10.8 Å². The van der Waals surface area contributed by atoms with Crippen LogP contribution >= 0.6 is 0 Å². The lowest BCUT2D eigenvalue weighted by Crippen LogP contribution is -2.03. The second kappa shape index (κ2) is 12.2. The molecule has 4 rings (SSSR count). The van der Waals surface area contributed by atoms with Crippen molar-refractivity contribution in [2.75, 3.05) is 27.4 Å². The minimum Gasteiger partial charge on any atom is -0.493 e. The Morgan fingerprint density at radius 1 is 0.694 bits per heavy atom. The molecule has 6 heteroatoms. The fourth-order valence-electron chi connectivity index (χ4n) is 4.15. The van der Waals surface area contributed by atoms with E-state index in [9.17, 15) is 0 Å². The van der Waals surface area contributed by atoms with Crippen molar-refractivity contribution < 1.29 is 23.7 Å². The van der Waals surface area contributed by atoms with Crippen LogP contribution in [0.4, 0.5) is 0 Å². The number of ether oxygens (including phenoxy) is 5. The summed E-state index contributed by atoms with van der Waals surface area (Å²) in [6.07, 6.45) is 5.26. The van der Waals surface area contributed by atoms with E-state index < -0.39 is 0 Å². The zero-order valence-electron chi connectivity index (χ0n) is 21.4. The molecule has 0 amide bonds. The molecular formula is C30H33NO5. The molecule has 0 aliphatic carbocycles. The molecule has 1 aromatic heterocycles. The Labute approximate surface area is 212 Å². The molecule has 0 spiro atoms. The zero-order valence-corrected chi connectivity index (χ0v) is 21.4. The third kappa shape index (κ3) is 5.65. The number of methoxy groups -OCH3 is 2. The second-order valence-corrected chi connectivity index (χ2v) is 8.35. The molecule has 188 valence electrons. The van der Waals surface area contributed by atoms with Gasteiger partial charge in [-0.05, 0) is 60.0 Å². The molecule has 0 fully saturated rings. The SMILES string of the molecule is CCCOc1c(OC)cc(Cc2cncc3c(OCc4ccccc4)c(OCC)ccc23)cc1OC. The molecule has 0 aliphatic rings. The van der Waals surface area contributed by atoms with Crippen LogP contribution in [-0.4, -0.2) is 32.4 Å². The van der Waals surface area contributed by atoms with Crippen molar-refractivity contribution in [1.82, 2.24) is 4.98 Å². The van der Waals surface area contributed by atoms with E-state index >= 15 is 0 Å². The topological polar surface area (TPSA) is 59.0 Å². The predicted molar refractivity (Wildman–Crippen MR) is 142 cm³/mol. The Kier molecular flexibility index (Phi) is 8.50. The number of rotatable bonds is 12. The van der Waals surface area contributed by atoms with Crippen LogP contribution in [-0.2, 0) is 13.0 Å². The third-order valence-electron chi connectivity index (χ3n) is 5.83. The number of benzene rings is 3. The lowest BCUT2D eigenvalue weighted by Gasteiger charge is -2.17. The molecule has 0 saturated carbocycles. The summed E-state index contributed by atoms with van der Waals surface area (Å²) < 4.78 is 29.4. The standard InChI is InChI=1S/C30H33NO5/c1-5-14-35-30-27(32-3)16-22(17-28(30)33-4)15-23-18-31-19-25-24(23)12-13-26(34-6-2)29(25)36-20-21-10-8-7-9-11-21/h7-13,16-19H,5-6,14-15,20H2,1-4H3. The molecule has 3 aromatic carbocycles. The third-order valence-corrected chi connectivity index (χ3v) is 5.83. The average Bonchev–Trinajstić information content (AvgIpc) is 2.92. The van der Waals surface area contributed by atoms with Gasteiger partial charge in [0.05, 0.1) is 27.4 Å². The first kappa shape index (κ1) is 25.2. The molecule has 6 nitrogen and oxygen atoms in total. The van der Waals surface area contributed by atoms with Crippen molar-refractivity contribution in [3.63, 3.8) is 0 Å². The van der Waals surface area contributed by atoms with Gasteiger partial charge in [-0.1, -0.05) is 43.3 Å². The minimum absolute atomic E-state index is 0.442. The van der Waals surface area contributed by atoms with Gasteiger partial charge >= 0.3 is 0 Å². The van der Waals surface area contributed by atoms with E-state index in [1.165, 1.54) is 0 Å². The van der Waals surface area contributed by atoms with Crippen LogP contribution in [0.15, 0.2) is 67.0 Å². The van der Waals surface area contributed by atoms with Crippen LogP contribution in [0.2, 0.25) is 0 Å². The average molecular weight is 488 g/mol. The summed E-state index contributed by atoms with van der Waals surface area (Å²) in [7, 11) is 3.28. The zero-order chi connectivity index (χ0) is 25.3. The lowest BCUT2D eigenvalue weighted by molar-refractivity contribution is 0.272. The van der Waals surface area contributed by atoms with Gasteiger partial charge in [-0.3, -0.25) is 4.98 Å². The van der Waals surface area contributed by atoms with Gasteiger partial charge in [-0.2, -0.15) is 0 Å². The minimum atomic E-state index is 0.442. The number of pyridine rings is 1. The maximum absolute atomic E-state index is 6.30. The summed E-state index contributed by atoms with van der Waals surface area (Å²) in [4.78, 5) is 4.55. The monoisotopic (exact) mass is 487 g/mol. The molecule has 0 bridgehead atoms. The summed E-state index contributed by atoms with van der Waals surface area (Å²) in [5, 5.41) is 1.97. The molecule has 0 N–H and O–H groups in total. The molecule has 0 saturated heterocycles. The van der Waals surface area contributed by atoms with Crippen LogP contribution in [0.1, 0.15) is 37.0 Å². The van der Waals surface area contributed by atoms with Crippen LogP contribution < -0.4 is 23.7 Å². The number of hydrogen-bond acceptors (Lipinski definition) is 6. The van der Waals surface area contributed by atoms with Crippen molar-refractivity contribution in [2.24, 2.45) is 0 Å². The first-order valence-electron chi connectivity index (χ1n) is 12.2. The van der Waals surface area contributed by atoms with E-state index in [-0.39, 0.29) is 0 Å². The van der Waals surface area contributed by atoms with Gasteiger partial charge < -0.3 is 23.7 Å². The number of fused-ring (bicyclic) bond motifs is 1. The van der Waals surface area contributed by atoms with Gasteiger partial charge in [0.25, 0.3) is 0 Å². The van der Waals surface area contributed by atoms with Gasteiger partial charge in [0.15, 0.2) is 23.0 Å². The Morgan fingerprint density at radius 3 is 2.11 bits per heavy atom. The van der Waals surface area contributed by atoms with Gasteiger partial charge in [0, 0.05) is 17.8 Å². The van der Waals surface area contributed by atoms with Gasteiger partial charge in [0.1, 0.15) is 6.61 Å². The van der Waals surface area contributed by atoms with Gasteiger partial charge in [-0.25, -0.2) is 0 Å².